The zero-order chi connectivity index (χ0) is 12.8. The van der Waals surface area contributed by atoms with Crippen LogP contribution < -0.4 is 5.32 Å². The molecule has 4 heteroatoms. The fraction of sp³-hybridized carbons (Fsp3) is 0.462. The van der Waals surface area contributed by atoms with E-state index < -0.39 is 5.97 Å². The number of aromatic carboxylic acids is 1. The molecule has 0 radical (unpaired) electrons. The van der Waals surface area contributed by atoms with Crippen molar-refractivity contribution in [2.45, 2.75) is 25.5 Å². The van der Waals surface area contributed by atoms with Crippen molar-refractivity contribution < 1.29 is 9.90 Å². The van der Waals surface area contributed by atoms with Gasteiger partial charge in [0.1, 0.15) is 0 Å². The number of rotatable bonds is 6. The number of benzene rings is 1. The number of anilines is 1. The van der Waals surface area contributed by atoms with Crippen molar-refractivity contribution in [3.63, 3.8) is 0 Å². The summed E-state index contributed by atoms with van der Waals surface area (Å²) in [5.41, 5.74) is 2.15. The predicted octanol–water partition coefficient (Wildman–Crippen LogP) is 3.25. The van der Waals surface area contributed by atoms with Gasteiger partial charge in [-0.2, -0.15) is 11.8 Å². The Kier molecular flexibility index (Phi) is 5.35. The van der Waals surface area contributed by atoms with Crippen molar-refractivity contribution in [1.29, 1.82) is 0 Å². The maximum atomic E-state index is 10.9. The van der Waals surface area contributed by atoms with Crippen molar-refractivity contribution >= 4 is 23.4 Å². The molecule has 0 aromatic heterocycles. The van der Waals surface area contributed by atoms with E-state index in [0.29, 0.717) is 10.8 Å². The lowest BCUT2D eigenvalue weighted by Crippen LogP contribution is -2.08. The fourth-order valence-electron chi connectivity index (χ4n) is 1.55. The van der Waals surface area contributed by atoms with Gasteiger partial charge in [-0.25, -0.2) is 4.79 Å². The molecular formula is C13H19NO2S. The van der Waals surface area contributed by atoms with E-state index in [1.807, 2.05) is 30.8 Å². The molecule has 1 unspecified atom stereocenters. The van der Waals surface area contributed by atoms with Crippen LogP contribution in [0.3, 0.4) is 0 Å². The Morgan fingerprint density at radius 2 is 2.24 bits per heavy atom. The van der Waals surface area contributed by atoms with Crippen molar-refractivity contribution in [3.05, 3.63) is 29.3 Å². The fourth-order valence-corrected chi connectivity index (χ4v) is 1.90. The molecule has 1 aromatic rings. The third kappa shape index (κ3) is 4.30. The lowest BCUT2D eigenvalue weighted by Gasteiger charge is -2.11. The van der Waals surface area contributed by atoms with Crippen LogP contribution in [0.2, 0.25) is 0 Å². The lowest BCUT2D eigenvalue weighted by molar-refractivity contribution is 0.0696. The topological polar surface area (TPSA) is 49.3 Å². The van der Waals surface area contributed by atoms with E-state index in [9.17, 15) is 4.79 Å². The smallest absolute Gasteiger partial charge is 0.335 e. The standard InChI is InChI=1S/C13H19NO2S/c1-9-8-11(4-5-12(9)13(15)16)14-7-6-10(2)17-3/h4-5,8,10,14H,6-7H2,1-3H3,(H,15,16). The molecule has 2 N–H and O–H groups in total. The Bertz CT molecular complexity index is 393. The Labute approximate surface area is 107 Å². The minimum Gasteiger partial charge on any atom is -0.478 e. The van der Waals surface area contributed by atoms with Crippen molar-refractivity contribution in [3.8, 4) is 0 Å². The molecule has 0 aliphatic heterocycles. The molecule has 0 aliphatic rings. The van der Waals surface area contributed by atoms with E-state index in [1.165, 1.54) is 0 Å². The molecule has 0 bridgehead atoms. The van der Waals surface area contributed by atoms with E-state index in [0.717, 1.165) is 24.2 Å². The molecule has 1 rings (SSSR count). The molecule has 17 heavy (non-hydrogen) atoms. The summed E-state index contributed by atoms with van der Waals surface area (Å²) < 4.78 is 0. The summed E-state index contributed by atoms with van der Waals surface area (Å²) in [7, 11) is 0. The number of carboxylic acid groups (broad SMARTS) is 1. The highest BCUT2D eigenvalue weighted by Crippen LogP contribution is 2.16. The Morgan fingerprint density at radius 1 is 1.53 bits per heavy atom. The van der Waals surface area contributed by atoms with Gasteiger partial charge in [0.15, 0.2) is 0 Å². The van der Waals surface area contributed by atoms with Gasteiger partial charge in [0.05, 0.1) is 5.56 Å². The number of hydrogen-bond acceptors (Lipinski definition) is 3. The van der Waals surface area contributed by atoms with Gasteiger partial charge in [-0.1, -0.05) is 6.92 Å². The zero-order valence-corrected chi connectivity index (χ0v) is 11.3. The monoisotopic (exact) mass is 253 g/mol. The summed E-state index contributed by atoms with van der Waals surface area (Å²) in [4.78, 5) is 10.9. The normalized spacial score (nSPS) is 12.2. The number of nitrogens with one attached hydrogen (secondary N) is 1. The summed E-state index contributed by atoms with van der Waals surface area (Å²) in [5.74, 6) is -0.870. The van der Waals surface area contributed by atoms with Crippen molar-refractivity contribution in [1.82, 2.24) is 0 Å². The van der Waals surface area contributed by atoms with Gasteiger partial charge in [-0.3, -0.25) is 0 Å². The molecule has 0 spiro atoms. The Hall–Kier alpha value is -1.16. The molecule has 3 nitrogen and oxygen atoms in total. The highest BCUT2D eigenvalue weighted by Gasteiger charge is 2.07. The molecule has 0 saturated heterocycles. The Morgan fingerprint density at radius 3 is 2.76 bits per heavy atom. The van der Waals surface area contributed by atoms with Gasteiger partial charge in [0.2, 0.25) is 0 Å². The summed E-state index contributed by atoms with van der Waals surface area (Å²) >= 11 is 1.85. The van der Waals surface area contributed by atoms with Gasteiger partial charge in [-0.05, 0) is 43.4 Å². The summed E-state index contributed by atoms with van der Waals surface area (Å²) in [6.07, 6.45) is 3.21. The van der Waals surface area contributed by atoms with Crippen LogP contribution in [0.25, 0.3) is 0 Å². The van der Waals surface area contributed by atoms with Crippen molar-refractivity contribution in [2.24, 2.45) is 0 Å². The highest BCUT2D eigenvalue weighted by atomic mass is 32.2. The zero-order valence-electron chi connectivity index (χ0n) is 10.5. The SMILES string of the molecule is CSC(C)CCNc1ccc(C(=O)O)c(C)c1. The van der Waals surface area contributed by atoms with Crippen LogP contribution in [-0.4, -0.2) is 29.1 Å². The molecule has 0 fully saturated rings. The minimum atomic E-state index is -0.870. The maximum Gasteiger partial charge on any atom is 0.335 e. The van der Waals surface area contributed by atoms with E-state index in [1.54, 1.807) is 6.07 Å². The third-order valence-corrected chi connectivity index (χ3v) is 3.78. The van der Waals surface area contributed by atoms with Gasteiger partial charge >= 0.3 is 5.97 Å². The number of thioether (sulfide) groups is 1. The number of aryl methyl sites for hydroxylation is 1. The average Bonchev–Trinajstić information content (AvgIpc) is 2.28. The number of carbonyl (C=O) groups is 1. The van der Waals surface area contributed by atoms with E-state index in [4.69, 9.17) is 5.11 Å². The summed E-state index contributed by atoms with van der Waals surface area (Å²) in [5, 5.41) is 12.9. The van der Waals surface area contributed by atoms with Crippen LogP contribution in [0, 0.1) is 6.92 Å². The summed E-state index contributed by atoms with van der Waals surface area (Å²) in [6, 6.07) is 5.35. The van der Waals surface area contributed by atoms with Crippen molar-refractivity contribution in [2.75, 3.05) is 18.1 Å². The average molecular weight is 253 g/mol. The third-order valence-electron chi connectivity index (χ3n) is 2.74. The lowest BCUT2D eigenvalue weighted by atomic mass is 10.1. The first-order valence-electron chi connectivity index (χ1n) is 5.65. The molecule has 94 valence electrons. The van der Waals surface area contributed by atoms with Gasteiger partial charge in [0.25, 0.3) is 0 Å². The van der Waals surface area contributed by atoms with Gasteiger partial charge in [0, 0.05) is 17.5 Å². The van der Waals surface area contributed by atoms with Crippen LogP contribution in [-0.2, 0) is 0 Å². The number of hydrogen-bond donors (Lipinski definition) is 2. The second-order valence-electron chi connectivity index (χ2n) is 4.10. The predicted molar refractivity (Wildman–Crippen MR) is 74.2 cm³/mol. The van der Waals surface area contributed by atoms with E-state index in [-0.39, 0.29) is 0 Å². The number of carboxylic acids is 1. The van der Waals surface area contributed by atoms with E-state index >= 15 is 0 Å². The molecular weight excluding hydrogens is 234 g/mol. The molecule has 0 heterocycles. The van der Waals surface area contributed by atoms with Gasteiger partial charge < -0.3 is 10.4 Å². The minimum absolute atomic E-state index is 0.369. The first-order chi connectivity index (χ1) is 8.04. The molecule has 1 atom stereocenters. The maximum absolute atomic E-state index is 10.9. The largest absolute Gasteiger partial charge is 0.478 e. The second kappa shape index (κ2) is 6.55. The van der Waals surface area contributed by atoms with Crippen LogP contribution >= 0.6 is 11.8 Å². The molecule has 0 aliphatic carbocycles. The molecule has 1 aromatic carbocycles. The van der Waals surface area contributed by atoms with Gasteiger partial charge in [-0.15, -0.1) is 0 Å². The van der Waals surface area contributed by atoms with Crippen LogP contribution in [0.1, 0.15) is 29.3 Å². The van der Waals surface area contributed by atoms with E-state index in [2.05, 4.69) is 18.5 Å². The Balaban J connectivity index is 2.56. The van der Waals surface area contributed by atoms with Crippen LogP contribution in [0.5, 0.6) is 0 Å². The first kappa shape index (κ1) is 13.9. The highest BCUT2D eigenvalue weighted by molar-refractivity contribution is 7.99. The quantitative estimate of drug-likeness (QED) is 0.817. The first-order valence-corrected chi connectivity index (χ1v) is 6.94. The second-order valence-corrected chi connectivity index (χ2v) is 5.37. The molecule has 0 saturated carbocycles. The summed E-state index contributed by atoms with van der Waals surface area (Å²) in [6.45, 7) is 4.93. The molecule has 0 amide bonds. The van der Waals surface area contributed by atoms with Crippen LogP contribution in [0.15, 0.2) is 18.2 Å². The van der Waals surface area contributed by atoms with Crippen LogP contribution in [0.4, 0.5) is 5.69 Å².